The predicted octanol–water partition coefficient (Wildman–Crippen LogP) is 5.57. The van der Waals surface area contributed by atoms with Crippen molar-refractivity contribution in [3.8, 4) is 0 Å². The van der Waals surface area contributed by atoms with Crippen LogP contribution in [0.1, 0.15) is 36.4 Å². The Kier molecular flexibility index (Phi) is 4.88. The first-order chi connectivity index (χ1) is 11.5. The fourth-order valence-corrected chi connectivity index (χ4v) is 4.16. The van der Waals surface area contributed by atoms with Gasteiger partial charge in [0.25, 0.3) is 5.91 Å². The maximum Gasteiger partial charge on any atom is 0.283 e. The predicted molar refractivity (Wildman–Crippen MR) is 103 cm³/mol. The summed E-state index contributed by atoms with van der Waals surface area (Å²) in [5.41, 5.74) is 5.82. The number of hydrogen-bond acceptors (Lipinski definition) is 3. The molecule has 0 aliphatic heterocycles. The number of halogens is 1. The van der Waals surface area contributed by atoms with Crippen LogP contribution in [-0.2, 0) is 0 Å². The molecule has 1 aromatic heterocycles. The van der Waals surface area contributed by atoms with Crippen LogP contribution in [0.5, 0.6) is 0 Å². The van der Waals surface area contributed by atoms with Crippen molar-refractivity contribution in [3.05, 3.63) is 58.0 Å². The number of hydrazone groups is 1. The van der Waals surface area contributed by atoms with E-state index in [9.17, 15) is 4.79 Å². The molecule has 0 spiro atoms. The molecule has 1 heterocycles. The van der Waals surface area contributed by atoms with Gasteiger partial charge in [0.2, 0.25) is 0 Å². The lowest BCUT2D eigenvalue weighted by molar-refractivity contribution is 0.0959. The molecule has 1 N–H and O–H groups in total. The van der Waals surface area contributed by atoms with E-state index in [0.717, 1.165) is 39.8 Å². The standard InChI is InChI=1S/C19H19ClN2OS/c1-11(2)13-9-8-12(3)15(10-13)21-22-19(23)18-17(20)14-6-4-5-7-16(14)24-18/h4-8,13H,1,9-10H2,2-3H3,(H,22,23)/b21-15-/t13-/m1/s1. The zero-order valence-electron chi connectivity index (χ0n) is 13.7. The summed E-state index contributed by atoms with van der Waals surface area (Å²) in [6.07, 6.45) is 3.94. The average molecular weight is 359 g/mol. The Morgan fingerprint density at radius 3 is 2.88 bits per heavy atom. The van der Waals surface area contributed by atoms with E-state index >= 15 is 0 Å². The molecule has 2 aromatic rings. The van der Waals surface area contributed by atoms with Gasteiger partial charge in [-0.3, -0.25) is 4.79 Å². The number of fused-ring (bicyclic) bond motifs is 1. The van der Waals surface area contributed by atoms with Gasteiger partial charge in [0.05, 0.1) is 10.7 Å². The van der Waals surface area contributed by atoms with Gasteiger partial charge in [0.1, 0.15) is 4.88 Å². The topological polar surface area (TPSA) is 41.5 Å². The molecule has 0 unspecified atom stereocenters. The highest BCUT2D eigenvalue weighted by Gasteiger charge is 2.20. The molecule has 24 heavy (non-hydrogen) atoms. The molecule has 0 saturated carbocycles. The van der Waals surface area contributed by atoms with Gasteiger partial charge in [-0.25, -0.2) is 5.43 Å². The van der Waals surface area contributed by atoms with E-state index in [2.05, 4.69) is 23.2 Å². The molecule has 3 rings (SSSR count). The van der Waals surface area contributed by atoms with E-state index in [-0.39, 0.29) is 5.91 Å². The third-order valence-corrected chi connectivity index (χ3v) is 6.01. The molecular formula is C19H19ClN2OS. The Hall–Kier alpha value is -1.91. The average Bonchev–Trinajstić information content (AvgIpc) is 2.91. The van der Waals surface area contributed by atoms with Crippen LogP contribution in [0.25, 0.3) is 10.1 Å². The number of hydrogen-bond donors (Lipinski definition) is 1. The molecule has 1 aromatic carbocycles. The van der Waals surface area contributed by atoms with Crippen molar-refractivity contribution >= 4 is 44.6 Å². The number of carbonyl (C=O) groups is 1. The Morgan fingerprint density at radius 1 is 1.42 bits per heavy atom. The summed E-state index contributed by atoms with van der Waals surface area (Å²) in [5, 5.41) is 5.73. The maximum atomic E-state index is 12.5. The van der Waals surface area contributed by atoms with Gasteiger partial charge in [-0.15, -0.1) is 11.3 Å². The van der Waals surface area contributed by atoms with Crippen LogP contribution < -0.4 is 5.43 Å². The minimum Gasteiger partial charge on any atom is -0.266 e. The second-order valence-corrected chi connectivity index (χ2v) is 7.54. The summed E-state index contributed by atoms with van der Waals surface area (Å²) in [6.45, 7) is 8.08. The lowest BCUT2D eigenvalue weighted by atomic mass is 9.85. The monoisotopic (exact) mass is 358 g/mol. The first-order valence-corrected chi connectivity index (χ1v) is 9.03. The molecule has 0 saturated heterocycles. The number of benzene rings is 1. The van der Waals surface area contributed by atoms with Gasteiger partial charge in [-0.05, 0) is 44.2 Å². The van der Waals surface area contributed by atoms with E-state index in [1.807, 2.05) is 38.1 Å². The largest absolute Gasteiger partial charge is 0.283 e. The number of carbonyl (C=O) groups excluding carboxylic acids is 1. The van der Waals surface area contributed by atoms with Crippen molar-refractivity contribution in [1.82, 2.24) is 5.43 Å². The fourth-order valence-electron chi connectivity index (χ4n) is 2.75. The highest BCUT2D eigenvalue weighted by Crippen LogP contribution is 2.35. The summed E-state index contributed by atoms with van der Waals surface area (Å²) >= 11 is 7.73. The summed E-state index contributed by atoms with van der Waals surface area (Å²) in [4.78, 5) is 13.0. The molecule has 1 atom stereocenters. The number of rotatable bonds is 3. The SMILES string of the molecule is C=C(C)[C@@H]1CC=C(C)/C(=N\NC(=O)c2sc3ccccc3c2Cl)C1. The molecule has 1 aliphatic rings. The smallest absolute Gasteiger partial charge is 0.266 e. The molecule has 1 aliphatic carbocycles. The van der Waals surface area contributed by atoms with Gasteiger partial charge in [0, 0.05) is 10.1 Å². The van der Waals surface area contributed by atoms with E-state index in [4.69, 9.17) is 11.6 Å². The van der Waals surface area contributed by atoms with Crippen LogP contribution in [0.2, 0.25) is 5.02 Å². The fraction of sp³-hybridized carbons (Fsp3) is 0.263. The summed E-state index contributed by atoms with van der Waals surface area (Å²) < 4.78 is 0.997. The number of amides is 1. The van der Waals surface area contributed by atoms with Crippen molar-refractivity contribution in [3.63, 3.8) is 0 Å². The van der Waals surface area contributed by atoms with Crippen molar-refractivity contribution in [2.75, 3.05) is 0 Å². The molecule has 0 fully saturated rings. The maximum absolute atomic E-state index is 12.5. The molecule has 124 valence electrons. The minimum absolute atomic E-state index is 0.265. The zero-order chi connectivity index (χ0) is 17.3. The highest BCUT2D eigenvalue weighted by atomic mass is 35.5. The lowest BCUT2D eigenvalue weighted by Crippen LogP contribution is -2.22. The van der Waals surface area contributed by atoms with E-state index in [1.165, 1.54) is 11.3 Å². The summed E-state index contributed by atoms with van der Waals surface area (Å²) in [7, 11) is 0. The van der Waals surface area contributed by atoms with Crippen LogP contribution in [0.3, 0.4) is 0 Å². The third kappa shape index (κ3) is 3.30. The first-order valence-electron chi connectivity index (χ1n) is 7.84. The normalized spacial score (nSPS) is 19.4. The van der Waals surface area contributed by atoms with Crippen LogP contribution >= 0.6 is 22.9 Å². The van der Waals surface area contributed by atoms with E-state index in [1.54, 1.807) is 0 Å². The van der Waals surface area contributed by atoms with Gasteiger partial charge in [-0.1, -0.05) is 48.0 Å². The van der Waals surface area contributed by atoms with Crippen molar-refractivity contribution in [1.29, 1.82) is 0 Å². The molecule has 3 nitrogen and oxygen atoms in total. The third-order valence-electron chi connectivity index (χ3n) is 4.33. The Balaban J connectivity index is 1.81. The van der Waals surface area contributed by atoms with Crippen molar-refractivity contribution in [2.45, 2.75) is 26.7 Å². The minimum atomic E-state index is -0.265. The second-order valence-electron chi connectivity index (χ2n) is 6.11. The van der Waals surface area contributed by atoms with E-state index < -0.39 is 0 Å². The Bertz CT molecular complexity index is 879. The van der Waals surface area contributed by atoms with Gasteiger partial charge >= 0.3 is 0 Å². The molecule has 1 amide bonds. The lowest BCUT2D eigenvalue weighted by Gasteiger charge is -2.22. The number of nitrogens with zero attached hydrogens (tertiary/aromatic N) is 1. The Morgan fingerprint density at radius 2 is 2.17 bits per heavy atom. The van der Waals surface area contributed by atoms with Gasteiger partial charge < -0.3 is 0 Å². The van der Waals surface area contributed by atoms with Crippen LogP contribution in [0.4, 0.5) is 0 Å². The van der Waals surface area contributed by atoms with E-state index in [0.29, 0.717) is 15.8 Å². The summed E-state index contributed by atoms with van der Waals surface area (Å²) in [6, 6.07) is 7.73. The Labute approximate surface area is 150 Å². The molecule has 5 heteroatoms. The first kappa shape index (κ1) is 16.9. The quantitative estimate of drug-likeness (QED) is 0.565. The number of thiophene rings is 1. The number of allylic oxidation sites excluding steroid dienone is 3. The van der Waals surface area contributed by atoms with Crippen molar-refractivity contribution in [2.24, 2.45) is 11.0 Å². The summed E-state index contributed by atoms with van der Waals surface area (Å²) in [5.74, 6) is 0.121. The van der Waals surface area contributed by atoms with Gasteiger partial charge in [-0.2, -0.15) is 5.10 Å². The van der Waals surface area contributed by atoms with Crippen LogP contribution in [0.15, 0.2) is 53.2 Å². The van der Waals surface area contributed by atoms with Crippen LogP contribution in [0, 0.1) is 5.92 Å². The molecule has 0 bridgehead atoms. The van der Waals surface area contributed by atoms with Gasteiger partial charge in [0.15, 0.2) is 0 Å². The molecular weight excluding hydrogens is 340 g/mol. The molecule has 0 radical (unpaired) electrons. The number of nitrogens with one attached hydrogen (secondary N) is 1. The van der Waals surface area contributed by atoms with Crippen LogP contribution in [-0.4, -0.2) is 11.6 Å². The van der Waals surface area contributed by atoms with Crippen molar-refractivity contribution < 1.29 is 4.79 Å². The highest BCUT2D eigenvalue weighted by molar-refractivity contribution is 7.21. The second kappa shape index (κ2) is 6.91. The zero-order valence-corrected chi connectivity index (χ0v) is 15.3.